The van der Waals surface area contributed by atoms with Gasteiger partial charge in [-0.1, -0.05) is 11.6 Å². The molecule has 0 aromatic carbocycles. The molecule has 1 rings (SSSR count). The first kappa shape index (κ1) is 6.29. The predicted octanol–water partition coefficient (Wildman–Crippen LogP) is 1.18. The number of halogens is 1. The Kier molecular flexibility index (Phi) is 1.53. The number of aromatic amines is 1. The normalized spacial score (nSPS) is 9.56. The van der Waals surface area contributed by atoms with E-state index < -0.39 is 0 Å². The maximum Gasteiger partial charge on any atom is 0.171 e. The molecular formula is C5H5ClN2O. The van der Waals surface area contributed by atoms with Crippen molar-refractivity contribution in [1.82, 2.24) is 10.2 Å². The average molecular weight is 145 g/mol. The zero-order valence-electron chi connectivity index (χ0n) is 4.81. The fourth-order valence-corrected chi connectivity index (χ4v) is 0.641. The molecule has 0 fully saturated rings. The van der Waals surface area contributed by atoms with Crippen LogP contribution in [0.3, 0.4) is 0 Å². The second kappa shape index (κ2) is 2.19. The Morgan fingerprint density at radius 1 is 1.78 bits per heavy atom. The van der Waals surface area contributed by atoms with Gasteiger partial charge in [0.05, 0.1) is 10.7 Å². The Balaban J connectivity index is 3.18. The fourth-order valence-electron chi connectivity index (χ4n) is 0.512. The Morgan fingerprint density at radius 3 is 2.67 bits per heavy atom. The van der Waals surface area contributed by atoms with Crippen LogP contribution in [-0.4, -0.2) is 16.5 Å². The maximum atomic E-state index is 10.1. The molecule has 1 N–H and O–H groups in total. The molecule has 48 valence electrons. The molecule has 0 saturated carbocycles. The van der Waals surface area contributed by atoms with Crippen LogP contribution in [0.5, 0.6) is 0 Å². The minimum Gasteiger partial charge on any atom is -0.296 e. The topological polar surface area (TPSA) is 45.8 Å². The van der Waals surface area contributed by atoms with Crippen molar-refractivity contribution >= 4 is 17.9 Å². The van der Waals surface area contributed by atoms with Gasteiger partial charge in [-0.25, -0.2) is 0 Å². The van der Waals surface area contributed by atoms with Crippen molar-refractivity contribution in [2.75, 3.05) is 0 Å². The van der Waals surface area contributed by atoms with E-state index in [4.69, 9.17) is 11.6 Å². The molecule has 0 amide bonds. The number of aryl methyl sites for hydroxylation is 1. The summed E-state index contributed by atoms with van der Waals surface area (Å²) in [6.45, 7) is 1.75. The van der Waals surface area contributed by atoms with Gasteiger partial charge in [-0.2, -0.15) is 5.10 Å². The summed E-state index contributed by atoms with van der Waals surface area (Å²) in [7, 11) is 0. The van der Waals surface area contributed by atoms with Crippen LogP contribution in [0.25, 0.3) is 0 Å². The molecule has 1 heterocycles. The molecule has 0 spiro atoms. The molecule has 0 aliphatic carbocycles. The molecule has 3 nitrogen and oxygen atoms in total. The van der Waals surface area contributed by atoms with Gasteiger partial charge < -0.3 is 0 Å². The lowest BCUT2D eigenvalue weighted by atomic mass is 10.4. The number of nitrogens with one attached hydrogen (secondary N) is 1. The summed E-state index contributed by atoms with van der Waals surface area (Å²) >= 11 is 5.58. The number of hydrogen-bond donors (Lipinski definition) is 1. The van der Waals surface area contributed by atoms with Crippen molar-refractivity contribution in [3.8, 4) is 0 Å². The van der Waals surface area contributed by atoms with Gasteiger partial charge in [-0.3, -0.25) is 9.89 Å². The van der Waals surface area contributed by atoms with E-state index in [-0.39, 0.29) is 5.69 Å². The molecule has 0 aliphatic heterocycles. The van der Waals surface area contributed by atoms with Gasteiger partial charge in [0, 0.05) is 0 Å². The second-order valence-electron chi connectivity index (χ2n) is 1.67. The van der Waals surface area contributed by atoms with Crippen LogP contribution in [0, 0.1) is 6.92 Å². The third-order valence-electron chi connectivity index (χ3n) is 1.01. The van der Waals surface area contributed by atoms with Crippen molar-refractivity contribution in [2.24, 2.45) is 0 Å². The second-order valence-corrected chi connectivity index (χ2v) is 2.04. The number of aldehydes is 1. The highest BCUT2D eigenvalue weighted by Gasteiger charge is 2.03. The van der Waals surface area contributed by atoms with Crippen molar-refractivity contribution in [2.45, 2.75) is 6.92 Å². The van der Waals surface area contributed by atoms with Crippen LogP contribution in [0.4, 0.5) is 0 Å². The third-order valence-corrected chi connectivity index (χ3v) is 1.49. The lowest BCUT2D eigenvalue weighted by Gasteiger charge is -1.79. The van der Waals surface area contributed by atoms with Crippen molar-refractivity contribution in [3.63, 3.8) is 0 Å². The Labute approximate surface area is 57.0 Å². The van der Waals surface area contributed by atoms with E-state index in [1.807, 2.05) is 0 Å². The quantitative estimate of drug-likeness (QED) is 0.602. The molecule has 0 unspecified atom stereocenters. The number of H-pyrrole nitrogens is 1. The first-order valence-corrected chi connectivity index (χ1v) is 2.79. The Bertz CT molecular complexity index is 231. The van der Waals surface area contributed by atoms with Crippen LogP contribution in [-0.2, 0) is 0 Å². The summed E-state index contributed by atoms with van der Waals surface area (Å²) < 4.78 is 0. The average Bonchev–Trinajstić information content (AvgIpc) is 2.15. The Morgan fingerprint density at radius 2 is 2.44 bits per heavy atom. The molecule has 1 aromatic heterocycles. The number of carbonyl (C=O) groups excluding carboxylic acids is 1. The Hall–Kier alpha value is -0.830. The standard InChI is InChI=1S/C5H5ClN2O/c1-3-5(6)4(2-9)8-7-3/h2H,1H3,(H,7,8). The molecule has 1 aromatic rings. The summed E-state index contributed by atoms with van der Waals surface area (Å²) in [5.74, 6) is 0. The summed E-state index contributed by atoms with van der Waals surface area (Å²) in [4.78, 5) is 10.1. The van der Waals surface area contributed by atoms with Crippen LogP contribution >= 0.6 is 11.6 Å². The molecule has 0 radical (unpaired) electrons. The molecule has 0 saturated heterocycles. The zero-order valence-corrected chi connectivity index (χ0v) is 5.57. The van der Waals surface area contributed by atoms with Gasteiger partial charge in [0.2, 0.25) is 0 Å². The van der Waals surface area contributed by atoms with Crippen LogP contribution in [0.2, 0.25) is 5.02 Å². The smallest absolute Gasteiger partial charge is 0.171 e. The minimum absolute atomic E-state index is 0.272. The largest absolute Gasteiger partial charge is 0.296 e. The van der Waals surface area contributed by atoms with Gasteiger partial charge >= 0.3 is 0 Å². The minimum atomic E-state index is 0.272. The van der Waals surface area contributed by atoms with Gasteiger partial charge in [0.15, 0.2) is 6.29 Å². The van der Waals surface area contributed by atoms with E-state index >= 15 is 0 Å². The summed E-state index contributed by atoms with van der Waals surface area (Å²) in [6.07, 6.45) is 0.617. The fraction of sp³-hybridized carbons (Fsp3) is 0.200. The highest BCUT2D eigenvalue weighted by atomic mass is 35.5. The maximum absolute atomic E-state index is 10.1. The van der Waals surface area contributed by atoms with Gasteiger partial charge in [0.1, 0.15) is 5.69 Å². The van der Waals surface area contributed by atoms with E-state index in [1.54, 1.807) is 6.92 Å². The SMILES string of the molecule is Cc1[nH]nc(C=O)c1Cl. The summed E-state index contributed by atoms with van der Waals surface area (Å²) in [6, 6.07) is 0. The van der Waals surface area contributed by atoms with E-state index in [2.05, 4.69) is 10.2 Å². The van der Waals surface area contributed by atoms with Gasteiger partial charge in [-0.15, -0.1) is 0 Å². The number of rotatable bonds is 1. The van der Waals surface area contributed by atoms with E-state index in [9.17, 15) is 4.79 Å². The number of aromatic nitrogens is 2. The van der Waals surface area contributed by atoms with E-state index in [0.29, 0.717) is 11.3 Å². The van der Waals surface area contributed by atoms with Gasteiger partial charge in [0.25, 0.3) is 0 Å². The number of nitrogens with zero attached hydrogens (tertiary/aromatic N) is 1. The van der Waals surface area contributed by atoms with Crippen LogP contribution < -0.4 is 0 Å². The highest BCUT2D eigenvalue weighted by Crippen LogP contribution is 2.14. The molecule has 9 heavy (non-hydrogen) atoms. The molecule has 0 bridgehead atoms. The number of hydrogen-bond acceptors (Lipinski definition) is 2. The van der Waals surface area contributed by atoms with Crippen molar-refractivity contribution in [1.29, 1.82) is 0 Å². The van der Waals surface area contributed by atoms with Crippen LogP contribution in [0.15, 0.2) is 0 Å². The van der Waals surface area contributed by atoms with Crippen molar-refractivity contribution in [3.05, 3.63) is 16.4 Å². The summed E-state index contributed by atoms with van der Waals surface area (Å²) in [5.41, 5.74) is 0.993. The van der Waals surface area contributed by atoms with E-state index in [0.717, 1.165) is 5.69 Å². The van der Waals surface area contributed by atoms with Crippen LogP contribution in [0.1, 0.15) is 16.2 Å². The van der Waals surface area contributed by atoms with E-state index in [1.165, 1.54) is 0 Å². The molecular weight excluding hydrogens is 140 g/mol. The lowest BCUT2D eigenvalue weighted by Crippen LogP contribution is -1.77. The number of carbonyl (C=O) groups is 1. The van der Waals surface area contributed by atoms with Crippen molar-refractivity contribution < 1.29 is 4.79 Å². The summed E-state index contributed by atoms with van der Waals surface area (Å²) in [5, 5.41) is 6.59. The monoisotopic (exact) mass is 144 g/mol. The molecule has 4 heteroatoms. The third kappa shape index (κ3) is 0.954. The zero-order chi connectivity index (χ0) is 6.85. The predicted molar refractivity (Wildman–Crippen MR) is 33.7 cm³/mol. The first-order valence-electron chi connectivity index (χ1n) is 2.41. The molecule has 0 atom stereocenters. The highest BCUT2D eigenvalue weighted by molar-refractivity contribution is 6.33. The lowest BCUT2D eigenvalue weighted by molar-refractivity contribution is 0.111. The van der Waals surface area contributed by atoms with Gasteiger partial charge in [-0.05, 0) is 6.92 Å². The first-order chi connectivity index (χ1) is 4.25. The molecule has 0 aliphatic rings.